The van der Waals surface area contributed by atoms with Crippen molar-refractivity contribution in [3.63, 3.8) is 0 Å². The van der Waals surface area contributed by atoms with Crippen molar-refractivity contribution in [1.29, 1.82) is 0 Å². The van der Waals surface area contributed by atoms with Gasteiger partial charge in [0.05, 0.1) is 18.6 Å². The molecule has 5 N–H and O–H groups in total. The minimum atomic E-state index is -1.12. The number of carbonyl (C=O) groups is 4. The van der Waals surface area contributed by atoms with Crippen molar-refractivity contribution < 1.29 is 24.3 Å². The van der Waals surface area contributed by atoms with Gasteiger partial charge in [-0.1, -0.05) is 119 Å². The molecule has 0 fully saturated rings. The van der Waals surface area contributed by atoms with Gasteiger partial charge < -0.3 is 26.4 Å². The maximum Gasteiger partial charge on any atom is 0.242 e. The molecule has 0 unspecified atom stereocenters. The second-order valence-electron chi connectivity index (χ2n) is 14.5. The van der Waals surface area contributed by atoms with Gasteiger partial charge in [-0.3, -0.25) is 19.2 Å². The second-order valence-corrected chi connectivity index (χ2v) is 14.5. The van der Waals surface area contributed by atoms with E-state index < -0.39 is 30.0 Å². The van der Waals surface area contributed by atoms with Gasteiger partial charge in [-0.2, -0.15) is 0 Å². The normalized spacial score (nSPS) is 13.8. The van der Waals surface area contributed by atoms with E-state index in [1.54, 1.807) is 0 Å². The van der Waals surface area contributed by atoms with Gasteiger partial charge in [0.2, 0.25) is 23.6 Å². The van der Waals surface area contributed by atoms with E-state index in [0.717, 1.165) is 39.1 Å². The minimum Gasteiger partial charge on any atom is -0.390 e. The van der Waals surface area contributed by atoms with E-state index >= 15 is 0 Å². The van der Waals surface area contributed by atoms with Gasteiger partial charge in [-0.25, -0.2) is 0 Å². The minimum absolute atomic E-state index is 0.112. The monoisotopic (exact) mass is 708 g/mol. The molecule has 4 atom stereocenters. The molecule has 0 aliphatic rings. The smallest absolute Gasteiger partial charge is 0.242 e. The Morgan fingerprint density at radius 3 is 1.81 bits per heavy atom. The van der Waals surface area contributed by atoms with E-state index in [4.69, 9.17) is 0 Å². The second kappa shape index (κ2) is 19.7. The number of nitrogens with one attached hydrogen (secondary N) is 4. The topological polar surface area (TPSA) is 137 Å². The van der Waals surface area contributed by atoms with Crippen LogP contribution in [0.5, 0.6) is 0 Å². The molecule has 0 aliphatic carbocycles. The summed E-state index contributed by atoms with van der Waals surface area (Å²) in [5.74, 6) is -1.39. The first-order chi connectivity index (χ1) is 24.9. The number of benzene rings is 4. The number of amides is 4. The summed E-state index contributed by atoms with van der Waals surface area (Å²) in [5, 5.41) is 27.1. The molecule has 0 heterocycles. The van der Waals surface area contributed by atoms with Crippen LogP contribution in [0, 0.1) is 17.8 Å². The number of hydrogen-bond donors (Lipinski definition) is 5. The fourth-order valence-corrected chi connectivity index (χ4v) is 6.62. The van der Waals surface area contributed by atoms with Gasteiger partial charge in [0.15, 0.2) is 0 Å². The molecule has 0 bridgehead atoms. The van der Waals surface area contributed by atoms with E-state index in [2.05, 4.69) is 64.6 Å². The number of aliphatic hydroxyl groups is 1. The molecule has 0 aromatic heterocycles. The van der Waals surface area contributed by atoms with Gasteiger partial charge in [-0.15, -0.1) is 0 Å². The van der Waals surface area contributed by atoms with E-state index in [-0.39, 0.29) is 43.0 Å². The van der Waals surface area contributed by atoms with Crippen LogP contribution in [-0.4, -0.2) is 60.0 Å². The number of aliphatic hydroxyl groups excluding tert-OH is 1. The first-order valence-electron chi connectivity index (χ1n) is 18.7. The third-order valence-corrected chi connectivity index (χ3v) is 9.76. The third kappa shape index (κ3) is 11.9. The highest BCUT2D eigenvalue weighted by Crippen LogP contribution is 2.26. The van der Waals surface area contributed by atoms with E-state index in [0.29, 0.717) is 31.7 Å². The van der Waals surface area contributed by atoms with Gasteiger partial charge in [0.25, 0.3) is 0 Å². The van der Waals surface area contributed by atoms with Crippen molar-refractivity contribution in [3.05, 3.63) is 96.1 Å². The Hall–Kier alpha value is -4.76. The lowest BCUT2D eigenvalue weighted by Crippen LogP contribution is -2.55. The first-order valence-corrected chi connectivity index (χ1v) is 18.7. The molecule has 4 aromatic rings. The van der Waals surface area contributed by atoms with Crippen LogP contribution in [0.15, 0.2) is 84.9 Å². The van der Waals surface area contributed by atoms with Crippen molar-refractivity contribution in [2.45, 2.75) is 91.3 Å². The van der Waals surface area contributed by atoms with Gasteiger partial charge in [0.1, 0.15) is 6.04 Å². The zero-order chi connectivity index (χ0) is 37.6. The van der Waals surface area contributed by atoms with Crippen LogP contribution in [0.3, 0.4) is 0 Å². The lowest BCUT2D eigenvalue weighted by Gasteiger charge is -2.29. The maximum absolute atomic E-state index is 14.4. The largest absolute Gasteiger partial charge is 0.390 e. The van der Waals surface area contributed by atoms with E-state index in [1.165, 1.54) is 6.92 Å². The molecule has 9 heteroatoms. The zero-order valence-electron chi connectivity index (χ0n) is 31.3. The molecule has 4 amide bonds. The average molecular weight is 709 g/mol. The average Bonchev–Trinajstić information content (AvgIpc) is 3.12. The summed E-state index contributed by atoms with van der Waals surface area (Å²) in [7, 11) is 0. The predicted molar refractivity (Wildman–Crippen MR) is 208 cm³/mol. The Morgan fingerprint density at radius 1 is 0.712 bits per heavy atom. The summed E-state index contributed by atoms with van der Waals surface area (Å²) in [6, 6.07) is 26.7. The quantitative estimate of drug-likeness (QED) is 0.0833. The molecule has 0 saturated heterocycles. The summed E-state index contributed by atoms with van der Waals surface area (Å²) in [5.41, 5.74) is 2.06. The molecule has 0 aliphatic heterocycles. The standard InChI is InChI=1S/C43H56N4O5/c1-6-29(4)27-45-41(50)26-40(49)39(23-28(2)3)47-43(52)38(21-22-44-30(5)48)46-42(51)35(24-33-17-11-15-31-13-7-9-19-36(31)33)25-34-18-12-16-32-14-8-10-20-37(32)34/h7-20,28-29,35,38-40,49H,6,21-27H2,1-5H3,(H,44,48)(H,45,50)(H,46,51)(H,47,52)/t29-,38-,39-,40-/m0/s1. The number of carbonyl (C=O) groups excluding carboxylic acids is 4. The summed E-state index contributed by atoms with van der Waals surface area (Å²) in [4.78, 5) is 53.0. The highest BCUT2D eigenvalue weighted by atomic mass is 16.3. The molecule has 4 rings (SSSR count). The van der Waals surface area contributed by atoms with Crippen molar-refractivity contribution >= 4 is 45.2 Å². The number of rotatable bonds is 19. The van der Waals surface area contributed by atoms with Crippen LogP contribution in [0.25, 0.3) is 21.5 Å². The Kier molecular flexibility index (Phi) is 15.2. The summed E-state index contributed by atoms with van der Waals surface area (Å²) >= 11 is 0. The highest BCUT2D eigenvalue weighted by molar-refractivity contribution is 5.91. The lowest BCUT2D eigenvalue weighted by atomic mass is 9.87. The van der Waals surface area contributed by atoms with Crippen molar-refractivity contribution in [2.75, 3.05) is 13.1 Å². The van der Waals surface area contributed by atoms with Crippen molar-refractivity contribution in [3.8, 4) is 0 Å². The summed E-state index contributed by atoms with van der Waals surface area (Å²) < 4.78 is 0. The van der Waals surface area contributed by atoms with Crippen LogP contribution >= 0.6 is 0 Å². The number of hydrogen-bond acceptors (Lipinski definition) is 5. The third-order valence-electron chi connectivity index (χ3n) is 9.76. The molecule has 52 heavy (non-hydrogen) atoms. The Morgan fingerprint density at radius 2 is 1.27 bits per heavy atom. The van der Waals surface area contributed by atoms with Crippen LogP contribution in [-0.2, 0) is 32.0 Å². The first kappa shape index (κ1) is 40.0. The fourth-order valence-electron chi connectivity index (χ4n) is 6.62. The fraction of sp³-hybridized carbons (Fsp3) is 0.442. The summed E-state index contributed by atoms with van der Waals surface area (Å²) in [6.45, 7) is 10.1. The number of fused-ring (bicyclic) bond motifs is 2. The molecule has 0 radical (unpaired) electrons. The van der Waals surface area contributed by atoms with Crippen LogP contribution in [0.4, 0.5) is 0 Å². The SMILES string of the molecule is CC[C@H](C)CNC(=O)C[C@H](O)[C@H](CC(C)C)NC(=O)[C@H](CCNC(C)=O)NC(=O)C(Cc1cccc2ccccc12)Cc1cccc2ccccc12. The Labute approximate surface area is 308 Å². The Balaban J connectivity index is 1.60. The zero-order valence-corrected chi connectivity index (χ0v) is 31.3. The van der Waals surface area contributed by atoms with E-state index in [9.17, 15) is 24.3 Å². The van der Waals surface area contributed by atoms with Gasteiger partial charge in [0, 0.05) is 25.9 Å². The molecule has 4 aromatic carbocycles. The molecular formula is C43H56N4O5. The van der Waals surface area contributed by atoms with E-state index in [1.807, 2.05) is 69.3 Å². The molecule has 278 valence electrons. The van der Waals surface area contributed by atoms with Crippen LogP contribution < -0.4 is 21.3 Å². The molecule has 9 nitrogen and oxygen atoms in total. The highest BCUT2D eigenvalue weighted by Gasteiger charge is 2.31. The lowest BCUT2D eigenvalue weighted by molar-refractivity contribution is -0.132. The molecular weight excluding hydrogens is 652 g/mol. The molecule has 0 spiro atoms. The summed E-state index contributed by atoms with van der Waals surface area (Å²) in [6.07, 6.45) is 1.10. The Bertz CT molecular complexity index is 1720. The predicted octanol–water partition coefficient (Wildman–Crippen LogP) is 5.85. The van der Waals surface area contributed by atoms with Gasteiger partial charge in [-0.05, 0) is 70.2 Å². The van der Waals surface area contributed by atoms with Crippen LogP contribution in [0.1, 0.15) is 71.4 Å². The molecule has 0 saturated carbocycles. The van der Waals surface area contributed by atoms with Crippen LogP contribution in [0.2, 0.25) is 0 Å². The van der Waals surface area contributed by atoms with Gasteiger partial charge >= 0.3 is 0 Å². The van der Waals surface area contributed by atoms with Crippen molar-refractivity contribution in [2.24, 2.45) is 17.8 Å². The van der Waals surface area contributed by atoms with Crippen molar-refractivity contribution in [1.82, 2.24) is 21.3 Å². The maximum atomic E-state index is 14.4.